The van der Waals surface area contributed by atoms with Crippen molar-refractivity contribution >= 4 is 10.0 Å². The Bertz CT molecular complexity index is 1090. The van der Waals surface area contributed by atoms with Gasteiger partial charge in [0.1, 0.15) is 11.5 Å². The van der Waals surface area contributed by atoms with Crippen molar-refractivity contribution in [1.29, 1.82) is 0 Å². The summed E-state index contributed by atoms with van der Waals surface area (Å²) >= 11 is 0. The molecule has 170 valence electrons. The molecular formula is C24H33NO5S. The zero-order chi connectivity index (χ0) is 22.8. The highest BCUT2D eigenvalue weighted by atomic mass is 32.2. The third-order valence-electron chi connectivity index (χ3n) is 6.28. The lowest BCUT2D eigenvalue weighted by atomic mass is 9.81. The Hall–Kier alpha value is -2.12. The SMILES string of the molecule is CCC(c1cccc(C(c2c(O)c3c(oc2=O)CCCCCC3)C(C)C)c1)S(N)(=O)=O. The highest BCUT2D eigenvalue weighted by Crippen LogP contribution is 2.39. The van der Waals surface area contributed by atoms with Gasteiger partial charge in [-0.25, -0.2) is 18.4 Å². The summed E-state index contributed by atoms with van der Waals surface area (Å²) in [5.74, 6) is 0.188. The van der Waals surface area contributed by atoms with Gasteiger partial charge in [0.25, 0.3) is 0 Å². The lowest BCUT2D eigenvalue weighted by Gasteiger charge is -2.25. The summed E-state index contributed by atoms with van der Waals surface area (Å²) < 4.78 is 29.8. The molecule has 2 aromatic rings. The summed E-state index contributed by atoms with van der Waals surface area (Å²) in [7, 11) is -3.76. The summed E-state index contributed by atoms with van der Waals surface area (Å²) in [5, 5.41) is 15.8. The van der Waals surface area contributed by atoms with E-state index in [1.807, 2.05) is 19.9 Å². The molecule has 2 atom stereocenters. The molecule has 31 heavy (non-hydrogen) atoms. The Morgan fingerprint density at radius 3 is 2.35 bits per heavy atom. The van der Waals surface area contributed by atoms with E-state index in [1.165, 1.54) is 0 Å². The molecule has 0 radical (unpaired) electrons. The van der Waals surface area contributed by atoms with Crippen LogP contribution in [0.1, 0.15) is 92.1 Å². The molecule has 1 aliphatic carbocycles. The van der Waals surface area contributed by atoms with E-state index in [9.17, 15) is 18.3 Å². The van der Waals surface area contributed by atoms with Crippen LogP contribution in [0.2, 0.25) is 0 Å². The molecular weight excluding hydrogens is 414 g/mol. The van der Waals surface area contributed by atoms with Gasteiger partial charge in [-0.05, 0) is 42.7 Å². The summed E-state index contributed by atoms with van der Waals surface area (Å²) in [6.07, 6.45) is 5.77. The van der Waals surface area contributed by atoms with Crippen LogP contribution in [0.15, 0.2) is 33.5 Å². The zero-order valence-corrected chi connectivity index (χ0v) is 19.4. The standard InChI is InChI=1S/C24H33NO5S/c1-4-20(31(25,28)29)16-10-9-11-17(14-16)21(15(2)3)22-23(26)18-12-7-5-6-8-13-19(18)30-24(22)27/h9-11,14-15,20-21,26H,4-8,12-13H2,1-3H3,(H2,25,28,29). The maximum atomic E-state index is 13.0. The van der Waals surface area contributed by atoms with Crippen molar-refractivity contribution in [1.82, 2.24) is 0 Å². The third kappa shape index (κ3) is 5.04. The fourth-order valence-corrected chi connectivity index (χ4v) is 5.78. The summed E-state index contributed by atoms with van der Waals surface area (Å²) in [6, 6.07) is 7.17. The number of rotatable bonds is 6. The molecule has 1 aromatic heterocycles. The van der Waals surface area contributed by atoms with Crippen molar-refractivity contribution in [3.8, 4) is 5.75 Å². The predicted molar refractivity (Wildman–Crippen MR) is 122 cm³/mol. The van der Waals surface area contributed by atoms with Crippen LogP contribution in [0.3, 0.4) is 0 Å². The molecule has 2 unspecified atom stereocenters. The van der Waals surface area contributed by atoms with Crippen molar-refractivity contribution in [3.05, 3.63) is 62.7 Å². The van der Waals surface area contributed by atoms with Crippen molar-refractivity contribution in [3.63, 3.8) is 0 Å². The van der Waals surface area contributed by atoms with Crippen LogP contribution in [0.25, 0.3) is 0 Å². The number of nitrogens with two attached hydrogens (primary N) is 1. The van der Waals surface area contributed by atoms with E-state index in [-0.39, 0.29) is 17.2 Å². The maximum absolute atomic E-state index is 13.0. The van der Waals surface area contributed by atoms with Gasteiger partial charge < -0.3 is 9.52 Å². The zero-order valence-electron chi connectivity index (χ0n) is 18.6. The van der Waals surface area contributed by atoms with Gasteiger partial charge in [-0.1, -0.05) is 57.9 Å². The molecule has 1 aromatic carbocycles. The highest BCUT2D eigenvalue weighted by Gasteiger charge is 2.30. The lowest BCUT2D eigenvalue weighted by Crippen LogP contribution is -2.23. The topological polar surface area (TPSA) is 111 Å². The normalized spacial score (nSPS) is 16.9. The fraction of sp³-hybridized carbons (Fsp3) is 0.542. The number of fused-ring (bicyclic) bond motifs is 1. The Balaban J connectivity index is 2.15. The first-order chi connectivity index (χ1) is 14.6. The van der Waals surface area contributed by atoms with Gasteiger partial charge in [0.15, 0.2) is 0 Å². The van der Waals surface area contributed by atoms with Crippen LogP contribution < -0.4 is 10.8 Å². The summed E-state index contributed by atoms with van der Waals surface area (Å²) in [4.78, 5) is 13.0. The van der Waals surface area contributed by atoms with Gasteiger partial charge in [0, 0.05) is 17.9 Å². The molecule has 1 heterocycles. The molecule has 0 fully saturated rings. The van der Waals surface area contributed by atoms with E-state index >= 15 is 0 Å². The summed E-state index contributed by atoms with van der Waals surface area (Å²) in [5.41, 5.74) is 1.84. The monoisotopic (exact) mass is 447 g/mol. The number of primary sulfonamides is 1. The quantitative estimate of drug-likeness (QED) is 0.676. The third-order valence-corrected chi connectivity index (χ3v) is 7.68. The molecule has 3 N–H and O–H groups in total. The largest absolute Gasteiger partial charge is 0.507 e. The van der Waals surface area contributed by atoms with Crippen LogP contribution in [-0.4, -0.2) is 13.5 Å². The molecule has 0 bridgehead atoms. The minimum atomic E-state index is -3.76. The molecule has 6 nitrogen and oxygen atoms in total. The first-order valence-electron chi connectivity index (χ1n) is 11.1. The maximum Gasteiger partial charge on any atom is 0.343 e. The van der Waals surface area contributed by atoms with E-state index in [0.29, 0.717) is 30.6 Å². The molecule has 3 rings (SSSR count). The number of hydrogen-bond donors (Lipinski definition) is 2. The second-order valence-electron chi connectivity index (χ2n) is 8.85. The van der Waals surface area contributed by atoms with Crippen molar-refractivity contribution in [2.45, 2.75) is 76.9 Å². The Labute approximate surface area is 184 Å². The van der Waals surface area contributed by atoms with E-state index in [2.05, 4.69) is 0 Å². The first kappa shape index (κ1) is 23.5. The van der Waals surface area contributed by atoms with Crippen LogP contribution in [0, 0.1) is 5.92 Å². The molecule has 0 saturated carbocycles. The van der Waals surface area contributed by atoms with Crippen molar-refractivity contribution in [2.75, 3.05) is 0 Å². The average Bonchev–Trinajstić information content (AvgIpc) is 2.66. The minimum Gasteiger partial charge on any atom is -0.507 e. The molecule has 0 spiro atoms. The molecule has 7 heteroatoms. The van der Waals surface area contributed by atoms with Gasteiger partial charge in [-0.3, -0.25) is 0 Å². The van der Waals surface area contributed by atoms with Crippen molar-refractivity contribution < 1.29 is 17.9 Å². The first-order valence-corrected chi connectivity index (χ1v) is 12.7. The number of benzene rings is 1. The molecule has 0 saturated heterocycles. The van der Waals surface area contributed by atoms with E-state index < -0.39 is 26.8 Å². The van der Waals surface area contributed by atoms with Gasteiger partial charge >= 0.3 is 5.63 Å². The Kier molecular flexibility index (Phi) is 7.27. The smallest absolute Gasteiger partial charge is 0.343 e. The van der Waals surface area contributed by atoms with E-state index in [1.54, 1.807) is 25.1 Å². The molecule has 0 amide bonds. The second-order valence-corrected chi connectivity index (χ2v) is 10.6. The van der Waals surface area contributed by atoms with Gasteiger partial charge in [-0.15, -0.1) is 0 Å². The van der Waals surface area contributed by atoms with Gasteiger partial charge in [0.2, 0.25) is 10.0 Å². The lowest BCUT2D eigenvalue weighted by molar-refractivity contribution is 0.376. The van der Waals surface area contributed by atoms with Gasteiger partial charge in [-0.2, -0.15) is 0 Å². The van der Waals surface area contributed by atoms with Crippen LogP contribution >= 0.6 is 0 Å². The Morgan fingerprint density at radius 2 is 1.74 bits per heavy atom. The number of aromatic hydroxyl groups is 1. The van der Waals surface area contributed by atoms with Crippen LogP contribution in [0.5, 0.6) is 5.75 Å². The average molecular weight is 448 g/mol. The van der Waals surface area contributed by atoms with E-state index in [4.69, 9.17) is 9.56 Å². The van der Waals surface area contributed by atoms with Gasteiger partial charge in [0.05, 0.1) is 10.8 Å². The van der Waals surface area contributed by atoms with Crippen LogP contribution in [0.4, 0.5) is 0 Å². The number of hydrogen-bond acceptors (Lipinski definition) is 5. The minimum absolute atomic E-state index is 0.0229. The van der Waals surface area contributed by atoms with Crippen LogP contribution in [-0.2, 0) is 22.9 Å². The number of aryl methyl sites for hydroxylation is 1. The van der Waals surface area contributed by atoms with E-state index in [0.717, 1.165) is 36.8 Å². The predicted octanol–water partition coefficient (Wildman–Crippen LogP) is 4.53. The second kappa shape index (κ2) is 9.57. The van der Waals surface area contributed by atoms with Crippen molar-refractivity contribution in [2.24, 2.45) is 11.1 Å². The Morgan fingerprint density at radius 1 is 1.10 bits per heavy atom. The summed E-state index contributed by atoms with van der Waals surface area (Å²) in [6.45, 7) is 5.73. The fourth-order valence-electron chi connectivity index (χ4n) is 4.79. The molecule has 0 aliphatic heterocycles. The highest BCUT2D eigenvalue weighted by molar-refractivity contribution is 7.89. The molecule has 1 aliphatic rings. The number of sulfonamides is 1.